The van der Waals surface area contributed by atoms with E-state index in [1.807, 2.05) is 60.8 Å². The maximum atomic E-state index is 4.20. The van der Waals surface area contributed by atoms with Crippen LogP contribution in [0.15, 0.2) is 149 Å². The highest BCUT2D eigenvalue weighted by molar-refractivity contribution is 5.37. The second kappa shape index (κ2) is 19.0. The second-order valence-electron chi connectivity index (χ2n) is 9.35. The molecule has 0 saturated carbocycles. The van der Waals surface area contributed by atoms with Gasteiger partial charge in [0.05, 0.1) is 5.54 Å². The van der Waals surface area contributed by atoms with E-state index in [-0.39, 0.29) is 0 Å². The van der Waals surface area contributed by atoms with Crippen LogP contribution in [0.5, 0.6) is 0 Å². The molecule has 37 heavy (non-hydrogen) atoms. The van der Waals surface area contributed by atoms with Gasteiger partial charge in [-0.3, -0.25) is 4.90 Å². The summed E-state index contributed by atoms with van der Waals surface area (Å²) in [6.07, 6.45) is 29.1. The minimum Gasteiger partial charge on any atom is -0.280 e. The van der Waals surface area contributed by atoms with E-state index in [2.05, 4.69) is 76.8 Å². The Bertz CT molecular complexity index is 844. The van der Waals surface area contributed by atoms with Crippen LogP contribution in [-0.2, 0) is 0 Å². The Labute approximate surface area is 229 Å². The standard InChI is InChI=1S/C36H51N/c1-11-21-32(22-12-2)31-35(26-16-6,27-17-7)37(30-20-10)36(28-18-8,29-19-9)34(25-15-5)33(23-13-3)24-14-4/h11-20,31H,1-10,21-30H2. The minimum atomic E-state index is -0.427. The Hall–Kier alpha value is -3.16. The molecule has 0 heterocycles. The zero-order chi connectivity index (χ0) is 28.2. The molecule has 0 spiro atoms. The summed E-state index contributed by atoms with van der Waals surface area (Å²) in [5, 5.41) is 0. The van der Waals surface area contributed by atoms with E-state index in [4.69, 9.17) is 0 Å². The van der Waals surface area contributed by atoms with Gasteiger partial charge in [0.15, 0.2) is 0 Å². The molecule has 0 aliphatic rings. The van der Waals surface area contributed by atoms with E-state index in [0.29, 0.717) is 6.54 Å². The zero-order valence-electron chi connectivity index (χ0n) is 23.4. The van der Waals surface area contributed by atoms with E-state index < -0.39 is 11.1 Å². The summed E-state index contributed by atoms with van der Waals surface area (Å²) in [4.78, 5) is 2.58. The summed E-state index contributed by atoms with van der Waals surface area (Å²) < 4.78 is 0. The lowest BCUT2D eigenvalue weighted by Crippen LogP contribution is -2.61. The zero-order valence-corrected chi connectivity index (χ0v) is 23.4. The molecule has 0 amide bonds. The fourth-order valence-corrected chi connectivity index (χ4v) is 5.54. The third-order valence-electron chi connectivity index (χ3n) is 6.73. The van der Waals surface area contributed by atoms with Crippen molar-refractivity contribution in [3.05, 3.63) is 149 Å². The summed E-state index contributed by atoms with van der Waals surface area (Å²) in [5.74, 6) is 0. The predicted octanol–water partition coefficient (Wildman–Crippen LogP) is 10.4. The van der Waals surface area contributed by atoms with Gasteiger partial charge >= 0.3 is 0 Å². The number of rotatable bonds is 24. The third kappa shape index (κ3) is 9.34. The molecule has 0 saturated heterocycles. The Morgan fingerprint density at radius 3 is 1.27 bits per heavy atom. The van der Waals surface area contributed by atoms with Crippen LogP contribution in [0.2, 0.25) is 0 Å². The molecule has 0 aliphatic heterocycles. The van der Waals surface area contributed by atoms with E-state index in [9.17, 15) is 0 Å². The molecule has 0 N–H and O–H groups in total. The first-order chi connectivity index (χ1) is 17.9. The van der Waals surface area contributed by atoms with Gasteiger partial charge in [0.25, 0.3) is 0 Å². The lowest BCUT2D eigenvalue weighted by Gasteiger charge is -2.55. The molecule has 1 heteroatoms. The van der Waals surface area contributed by atoms with Crippen molar-refractivity contribution in [2.75, 3.05) is 6.54 Å². The lowest BCUT2D eigenvalue weighted by molar-refractivity contribution is 0.0383. The van der Waals surface area contributed by atoms with Gasteiger partial charge < -0.3 is 0 Å². The summed E-state index contributed by atoms with van der Waals surface area (Å²) >= 11 is 0. The van der Waals surface area contributed by atoms with Gasteiger partial charge in [-0.05, 0) is 63.4 Å². The van der Waals surface area contributed by atoms with Crippen molar-refractivity contribution in [3.8, 4) is 0 Å². The normalized spacial score (nSPS) is 10.9. The summed E-state index contributed by atoms with van der Waals surface area (Å²) in [5.41, 5.74) is 3.04. The van der Waals surface area contributed by atoms with Crippen LogP contribution in [0.25, 0.3) is 0 Å². The molecule has 0 bridgehead atoms. The van der Waals surface area contributed by atoms with Gasteiger partial charge in [-0.25, -0.2) is 0 Å². The third-order valence-corrected chi connectivity index (χ3v) is 6.73. The largest absolute Gasteiger partial charge is 0.280 e. The van der Waals surface area contributed by atoms with Crippen LogP contribution in [-0.4, -0.2) is 22.5 Å². The van der Waals surface area contributed by atoms with Crippen LogP contribution >= 0.6 is 0 Å². The molecule has 0 aromatic heterocycles. The Kier molecular flexibility index (Phi) is 17.4. The van der Waals surface area contributed by atoms with Crippen molar-refractivity contribution < 1.29 is 0 Å². The van der Waals surface area contributed by atoms with E-state index in [0.717, 1.165) is 57.8 Å². The van der Waals surface area contributed by atoms with Crippen LogP contribution in [0.3, 0.4) is 0 Å². The van der Waals surface area contributed by atoms with E-state index >= 15 is 0 Å². The second-order valence-corrected chi connectivity index (χ2v) is 9.35. The SMILES string of the molecule is C=CCC(=CC(CC=C)(CC=C)N(CC=C)C(CC=C)(CC=C)C(CC=C)=C(CC=C)CC=C)CC=C. The molecule has 0 fully saturated rings. The maximum Gasteiger partial charge on any atom is 0.0506 e. The fourth-order valence-electron chi connectivity index (χ4n) is 5.54. The van der Waals surface area contributed by atoms with Crippen molar-refractivity contribution in [2.45, 2.75) is 68.9 Å². The monoisotopic (exact) mass is 497 g/mol. The van der Waals surface area contributed by atoms with Crippen LogP contribution in [0, 0.1) is 0 Å². The van der Waals surface area contributed by atoms with Crippen molar-refractivity contribution in [2.24, 2.45) is 0 Å². The molecule has 200 valence electrons. The minimum absolute atomic E-state index is 0.412. The average molecular weight is 498 g/mol. The molecule has 0 rings (SSSR count). The Morgan fingerprint density at radius 1 is 0.486 bits per heavy atom. The highest BCUT2D eigenvalue weighted by Gasteiger charge is 2.47. The van der Waals surface area contributed by atoms with Gasteiger partial charge in [0.1, 0.15) is 0 Å². The summed E-state index contributed by atoms with van der Waals surface area (Å²) in [6.45, 7) is 41.8. The van der Waals surface area contributed by atoms with E-state index in [1.165, 1.54) is 16.7 Å². The first-order valence-electron chi connectivity index (χ1n) is 13.2. The highest BCUT2D eigenvalue weighted by Crippen LogP contribution is 2.46. The molecule has 0 unspecified atom stereocenters. The predicted molar refractivity (Wildman–Crippen MR) is 171 cm³/mol. The first kappa shape index (κ1) is 33.8. The molecular weight excluding hydrogens is 446 g/mol. The molecular formula is C36H51N. The van der Waals surface area contributed by atoms with Crippen LogP contribution in [0.4, 0.5) is 0 Å². The molecule has 0 atom stereocenters. The number of hydrogen-bond donors (Lipinski definition) is 0. The topological polar surface area (TPSA) is 3.24 Å². The summed E-state index contributed by atoms with van der Waals surface area (Å²) in [6, 6.07) is 0. The first-order valence-corrected chi connectivity index (χ1v) is 13.2. The fraction of sp³-hybridized carbons (Fsp3) is 0.333. The van der Waals surface area contributed by atoms with Crippen molar-refractivity contribution >= 4 is 0 Å². The van der Waals surface area contributed by atoms with Gasteiger partial charge in [-0.1, -0.05) is 78.0 Å². The van der Waals surface area contributed by atoms with Crippen molar-refractivity contribution in [1.29, 1.82) is 0 Å². The molecule has 1 nitrogen and oxygen atoms in total. The smallest absolute Gasteiger partial charge is 0.0506 e. The average Bonchev–Trinajstić information content (AvgIpc) is 2.86. The van der Waals surface area contributed by atoms with Gasteiger partial charge in [0, 0.05) is 12.1 Å². The van der Waals surface area contributed by atoms with Gasteiger partial charge in [-0.2, -0.15) is 0 Å². The lowest BCUT2D eigenvalue weighted by atomic mass is 9.71. The van der Waals surface area contributed by atoms with Crippen molar-refractivity contribution in [3.63, 3.8) is 0 Å². The Balaban J connectivity index is 8.03. The van der Waals surface area contributed by atoms with Gasteiger partial charge in [-0.15, -0.1) is 65.8 Å². The Morgan fingerprint density at radius 2 is 0.919 bits per heavy atom. The number of allylic oxidation sites excluding steroid dienone is 7. The molecule has 0 aliphatic carbocycles. The van der Waals surface area contributed by atoms with Gasteiger partial charge in [0.2, 0.25) is 0 Å². The van der Waals surface area contributed by atoms with Crippen LogP contribution in [0.1, 0.15) is 57.8 Å². The molecule has 0 aromatic carbocycles. The molecule has 0 aromatic rings. The van der Waals surface area contributed by atoms with Crippen LogP contribution < -0.4 is 0 Å². The molecule has 0 radical (unpaired) electrons. The van der Waals surface area contributed by atoms with E-state index in [1.54, 1.807) is 0 Å². The van der Waals surface area contributed by atoms with Crippen molar-refractivity contribution in [1.82, 2.24) is 4.90 Å². The summed E-state index contributed by atoms with van der Waals surface area (Å²) in [7, 11) is 0. The maximum absolute atomic E-state index is 4.20. The quantitative estimate of drug-likeness (QED) is 0.120. The number of nitrogens with zero attached hydrogens (tertiary/aromatic N) is 1. The number of hydrogen-bond acceptors (Lipinski definition) is 1. The highest BCUT2D eigenvalue weighted by atomic mass is 15.3.